The van der Waals surface area contributed by atoms with E-state index in [1.54, 1.807) is 18.2 Å². The number of fused-ring (bicyclic) bond motifs is 1. The van der Waals surface area contributed by atoms with Gasteiger partial charge in [-0.05, 0) is 42.7 Å². The normalized spacial score (nSPS) is 14.8. The third kappa shape index (κ3) is 6.99. The molecule has 0 fully saturated rings. The molecule has 1 unspecified atom stereocenters. The monoisotopic (exact) mass is 472 g/mol. The number of nitrogens with zero attached hydrogens (tertiary/aromatic N) is 1. The van der Waals surface area contributed by atoms with Crippen LogP contribution in [0.5, 0.6) is 5.75 Å². The minimum Gasteiger partial charge on any atom is -0.495 e. The first-order valence-electron chi connectivity index (χ1n) is 11.6. The Labute approximate surface area is 198 Å². The molecule has 0 bridgehead atoms. The van der Waals surface area contributed by atoms with E-state index in [0.717, 1.165) is 18.6 Å². The fraction of sp³-hybridized carbons (Fsp3) is 0.440. The lowest BCUT2D eigenvalue weighted by atomic mass is 10.0. The SMILES string of the molecule is CCCOCCNCC(O)CNC(=O)c1ccc2n[nH]c(/C=C/C3=CC=C(F)CC3)c2c1OC. The van der Waals surface area contributed by atoms with E-state index >= 15 is 0 Å². The predicted octanol–water partition coefficient (Wildman–Crippen LogP) is 3.27. The Balaban J connectivity index is 1.64. The highest BCUT2D eigenvalue weighted by atomic mass is 19.1. The van der Waals surface area contributed by atoms with Gasteiger partial charge in [0.2, 0.25) is 0 Å². The fourth-order valence-electron chi connectivity index (χ4n) is 3.61. The highest BCUT2D eigenvalue weighted by Gasteiger charge is 2.19. The number of aromatic nitrogens is 2. The van der Waals surface area contributed by atoms with Crippen molar-refractivity contribution in [2.75, 3.05) is 40.0 Å². The highest BCUT2D eigenvalue weighted by Crippen LogP contribution is 2.32. The van der Waals surface area contributed by atoms with Gasteiger partial charge in [-0.25, -0.2) is 4.39 Å². The molecule has 0 aliphatic heterocycles. The number of ether oxygens (including phenoxy) is 2. The number of aliphatic hydroxyl groups excluding tert-OH is 1. The lowest BCUT2D eigenvalue weighted by Gasteiger charge is -2.14. The molecule has 2 aromatic rings. The van der Waals surface area contributed by atoms with Crippen molar-refractivity contribution in [1.29, 1.82) is 0 Å². The molecule has 34 heavy (non-hydrogen) atoms. The van der Waals surface area contributed by atoms with E-state index < -0.39 is 6.10 Å². The number of benzene rings is 1. The van der Waals surface area contributed by atoms with E-state index in [4.69, 9.17) is 9.47 Å². The standard InChI is InChI=1S/C25H33FN4O4/c1-3-13-34-14-12-27-15-19(31)16-28-25(32)20-9-11-22-23(24(20)33-2)21(29-30-22)10-6-17-4-7-18(26)8-5-17/h4,6-7,9-11,19,27,31H,3,5,8,12-16H2,1-2H3,(H,28,32)(H,29,30)/b10-6+. The van der Waals surface area contributed by atoms with E-state index in [2.05, 4.69) is 20.8 Å². The molecule has 3 rings (SSSR count). The van der Waals surface area contributed by atoms with Crippen molar-refractivity contribution >= 4 is 22.9 Å². The average molecular weight is 473 g/mol. The van der Waals surface area contributed by atoms with Crippen LogP contribution in [0, 0.1) is 0 Å². The summed E-state index contributed by atoms with van der Waals surface area (Å²) in [7, 11) is 1.50. The topological polar surface area (TPSA) is 109 Å². The molecule has 1 atom stereocenters. The summed E-state index contributed by atoms with van der Waals surface area (Å²) < 4.78 is 24.2. The van der Waals surface area contributed by atoms with Crippen LogP contribution >= 0.6 is 0 Å². The van der Waals surface area contributed by atoms with Gasteiger partial charge in [0, 0.05) is 32.7 Å². The second-order valence-electron chi connectivity index (χ2n) is 8.05. The molecule has 0 saturated carbocycles. The largest absolute Gasteiger partial charge is 0.495 e. The number of hydrogen-bond acceptors (Lipinski definition) is 6. The zero-order valence-corrected chi connectivity index (χ0v) is 19.7. The molecule has 4 N–H and O–H groups in total. The van der Waals surface area contributed by atoms with Crippen LogP contribution in [0.15, 0.2) is 41.8 Å². The Morgan fingerprint density at radius 1 is 1.26 bits per heavy atom. The fourth-order valence-corrected chi connectivity index (χ4v) is 3.61. The number of methoxy groups -OCH3 is 1. The van der Waals surface area contributed by atoms with Gasteiger partial charge in [0.15, 0.2) is 0 Å². The van der Waals surface area contributed by atoms with Crippen LogP contribution in [0.4, 0.5) is 4.39 Å². The Morgan fingerprint density at radius 3 is 2.85 bits per heavy atom. The zero-order valence-electron chi connectivity index (χ0n) is 19.7. The third-order valence-corrected chi connectivity index (χ3v) is 5.40. The van der Waals surface area contributed by atoms with Gasteiger partial charge in [-0.15, -0.1) is 0 Å². The number of aromatic amines is 1. The molecule has 1 aliphatic rings. The molecule has 1 amide bonds. The smallest absolute Gasteiger partial charge is 0.255 e. The van der Waals surface area contributed by atoms with Crippen LogP contribution in [0.25, 0.3) is 17.0 Å². The summed E-state index contributed by atoms with van der Waals surface area (Å²) in [6, 6.07) is 3.39. The van der Waals surface area contributed by atoms with Gasteiger partial charge in [0.25, 0.3) is 5.91 Å². The minimum atomic E-state index is -0.736. The van der Waals surface area contributed by atoms with Gasteiger partial charge in [0.05, 0.1) is 42.0 Å². The molecule has 0 spiro atoms. The van der Waals surface area contributed by atoms with Crippen molar-refractivity contribution in [3.63, 3.8) is 0 Å². The number of H-pyrrole nitrogens is 1. The summed E-state index contributed by atoms with van der Waals surface area (Å²) >= 11 is 0. The number of hydrogen-bond donors (Lipinski definition) is 4. The lowest BCUT2D eigenvalue weighted by molar-refractivity contribution is 0.0908. The van der Waals surface area contributed by atoms with Crippen molar-refractivity contribution in [3.05, 3.63) is 53.0 Å². The predicted molar refractivity (Wildman–Crippen MR) is 131 cm³/mol. The van der Waals surface area contributed by atoms with Crippen LogP contribution in [-0.2, 0) is 4.74 Å². The average Bonchev–Trinajstić information content (AvgIpc) is 3.27. The molecular weight excluding hydrogens is 439 g/mol. The molecule has 0 saturated heterocycles. The van der Waals surface area contributed by atoms with E-state index in [-0.39, 0.29) is 18.3 Å². The Bertz CT molecular complexity index is 1060. The first kappa shape index (κ1) is 25.6. The maximum Gasteiger partial charge on any atom is 0.255 e. The highest BCUT2D eigenvalue weighted by molar-refractivity contribution is 6.05. The molecule has 0 radical (unpaired) electrons. The van der Waals surface area contributed by atoms with E-state index in [1.807, 2.05) is 19.1 Å². The molecular formula is C25H33FN4O4. The summed E-state index contributed by atoms with van der Waals surface area (Å²) in [6.07, 6.45) is 8.22. The first-order chi connectivity index (χ1) is 16.5. The number of amides is 1. The van der Waals surface area contributed by atoms with Gasteiger partial charge < -0.3 is 25.2 Å². The molecule has 9 heteroatoms. The maximum absolute atomic E-state index is 13.2. The van der Waals surface area contributed by atoms with Crippen molar-refractivity contribution in [2.24, 2.45) is 0 Å². The summed E-state index contributed by atoms with van der Waals surface area (Å²) in [6.45, 7) is 4.42. The van der Waals surface area contributed by atoms with Crippen LogP contribution in [0.2, 0.25) is 0 Å². The maximum atomic E-state index is 13.2. The van der Waals surface area contributed by atoms with Gasteiger partial charge >= 0.3 is 0 Å². The van der Waals surface area contributed by atoms with Crippen LogP contribution < -0.4 is 15.4 Å². The Morgan fingerprint density at radius 2 is 2.12 bits per heavy atom. The number of aliphatic hydroxyl groups is 1. The van der Waals surface area contributed by atoms with Crippen LogP contribution in [0.3, 0.4) is 0 Å². The van der Waals surface area contributed by atoms with E-state index in [9.17, 15) is 14.3 Å². The zero-order chi connectivity index (χ0) is 24.3. The Kier molecular flexibility index (Phi) is 9.81. The summed E-state index contributed by atoms with van der Waals surface area (Å²) in [5.41, 5.74) is 2.69. The number of carbonyl (C=O) groups is 1. The molecule has 1 aromatic carbocycles. The number of rotatable bonds is 13. The van der Waals surface area contributed by atoms with Gasteiger partial charge in [-0.3, -0.25) is 9.89 Å². The van der Waals surface area contributed by atoms with Gasteiger partial charge in [-0.1, -0.05) is 19.1 Å². The van der Waals surface area contributed by atoms with Crippen molar-refractivity contribution < 1.29 is 23.8 Å². The molecule has 184 valence electrons. The minimum absolute atomic E-state index is 0.0964. The lowest BCUT2D eigenvalue weighted by Crippen LogP contribution is -2.39. The summed E-state index contributed by atoms with van der Waals surface area (Å²) in [5.74, 6) is -0.0770. The van der Waals surface area contributed by atoms with Gasteiger partial charge in [-0.2, -0.15) is 5.10 Å². The van der Waals surface area contributed by atoms with Crippen LogP contribution in [-0.4, -0.2) is 67.3 Å². The number of allylic oxidation sites excluding steroid dienone is 5. The second kappa shape index (κ2) is 13.0. The number of carbonyl (C=O) groups excluding carboxylic acids is 1. The first-order valence-corrected chi connectivity index (χ1v) is 11.6. The van der Waals surface area contributed by atoms with E-state index in [0.29, 0.717) is 60.4 Å². The van der Waals surface area contributed by atoms with Crippen molar-refractivity contribution in [2.45, 2.75) is 32.3 Å². The second-order valence-corrected chi connectivity index (χ2v) is 8.05. The number of nitrogens with one attached hydrogen (secondary N) is 3. The summed E-state index contributed by atoms with van der Waals surface area (Å²) in [5, 5.41) is 24.0. The molecule has 1 heterocycles. The molecule has 8 nitrogen and oxygen atoms in total. The van der Waals surface area contributed by atoms with Gasteiger partial charge in [0.1, 0.15) is 11.6 Å². The molecule has 1 aromatic heterocycles. The van der Waals surface area contributed by atoms with Crippen molar-refractivity contribution in [1.82, 2.24) is 20.8 Å². The van der Waals surface area contributed by atoms with Crippen LogP contribution in [0.1, 0.15) is 42.2 Å². The Hall–Kier alpha value is -3.01. The summed E-state index contributed by atoms with van der Waals surface area (Å²) in [4.78, 5) is 12.8. The number of halogens is 1. The third-order valence-electron chi connectivity index (χ3n) is 5.40. The molecule has 1 aliphatic carbocycles. The van der Waals surface area contributed by atoms with Crippen molar-refractivity contribution in [3.8, 4) is 5.75 Å². The quantitative estimate of drug-likeness (QED) is 0.333. The van der Waals surface area contributed by atoms with E-state index in [1.165, 1.54) is 13.2 Å².